The SMILES string of the molecule is Cc1cc(C)c2cc(CCC(=O)N3CCN(c4ccccc4)CC3)c(=O)[nH]c2c1. The van der Waals surface area contributed by atoms with Crippen molar-refractivity contribution in [3.63, 3.8) is 0 Å². The molecule has 2 aromatic carbocycles. The number of nitrogens with zero attached hydrogens (tertiary/aromatic N) is 2. The Morgan fingerprint density at radius 3 is 2.45 bits per heavy atom. The Morgan fingerprint density at radius 1 is 1.00 bits per heavy atom. The number of amides is 1. The lowest BCUT2D eigenvalue weighted by Crippen LogP contribution is -2.48. The lowest BCUT2D eigenvalue weighted by atomic mass is 10.0. The number of benzene rings is 2. The van der Waals surface area contributed by atoms with Gasteiger partial charge in [0.2, 0.25) is 5.91 Å². The maximum absolute atomic E-state index is 12.7. The second-order valence-electron chi connectivity index (χ2n) is 7.87. The van der Waals surface area contributed by atoms with E-state index in [1.54, 1.807) is 0 Å². The number of carbonyl (C=O) groups excluding carboxylic acids is 1. The van der Waals surface area contributed by atoms with Crippen LogP contribution in [0.1, 0.15) is 23.1 Å². The van der Waals surface area contributed by atoms with Gasteiger partial charge in [-0.25, -0.2) is 0 Å². The van der Waals surface area contributed by atoms with Crippen LogP contribution in [0.15, 0.2) is 53.3 Å². The highest BCUT2D eigenvalue weighted by molar-refractivity contribution is 5.83. The van der Waals surface area contributed by atoms with Crippen molar-refractivity contribution in [3.8, 4) is 0 Å². The molecule has 1 fully saturated rings. The van der Waals surface area contributed by atoms with Gasteiger partial charge >= 0.3 is 0 Å². The fourth-order valence-corrected chi connectivity index (χ4v) is 4.15. The molecule has 5 heteroatoms. The molecule has 29 heavy (non-hydrogen) atoms. The zero-order chi connectivity index (χ0) is 20.4. The molecule has 1 saturated heterocycles. The first kappa shape index (κ1) is 19.2. The summed E-state index contributed by atoms with van der Waals surface area (Å²) in [7, 11) is 0. The third-order valence-corrected chi connectivity index (χ3v) is 5.75. The van der Waals surface area contributed by atoms with Gasteiger partial charge in [-0.05, 0) is 55.7 Å². The van der Waals surface area contributed by atoms with Crippen molar-refractivity contribution in [1.29, 1.82) is 0 Å². The maximum Gasteiger partial charge on any atom is 0.251 e. The predicted octanol–water partition coefficient (Wildman–Crippen LogP) is 3.43. The van der Waals surface area contributed by atoms with Crippen LogP contribution in [0.2, 0.25) is 0 Å². The molecule has 1 amide bonds. The van der Waals surface area contributed by atoms with Crippen LogP contribution in [0.3, 0.4) is 0 Å². The lowest BCUT2D eigenvalue weighted by molar-refractivity contribution is -0.131. The van der Waals surface area contributed by atoms with Crippen LogP contribution in [0.5, 0.6) is 0 Å². The number of fused-ring (bicyclic) bond motifs is 1. The van der Waals surface area contributed by atoms with E-state index in [0.717, 1.165) is 48.2 Å². The quantitative estimate of drug-likeness (QED) is 0.744. The molecule has 0 spiro atoms. The van der Waals surface area contributed by atoms with E-state index in [9.17, 15) is 9.59 Å². The molecule has 150 valence electrons. The number of anilines is 1. The number of aromatic amines is 1. The molecule has 1 aliphatic rings. The average Bonchev–Trinajstić information content (AvgIpc) is 2.73. The number of hydrogen-bond donors (Lipinski definition) is 1. The van der Waals surface area contributed by atoms with Crippen molar-refractivity contribution >= 4 is 22.5 Å². The maximum atomic E-state index is 12.7. The Bertz CT molecular complexity index is 1080. The zero-order valence-corrected chi connectivity index (χ0v) is 17.1. The van der Waals surface area contributed by atoms with E-state index in [4.69, 9.17) is 0 Å². The number of H-pyrrole nitrogens is 1. The number of pyridine rings is 1. The summed E-state index contributed by atoms with van der Waals surface area (Å²) in [5.41, 5.74) is 4.92. The molecular weight excluding hydrogens is 362 g/mol. The Balaban J connectivity index is 1.39. The fourth-order valence-electron chi connectivity index (χ4n) is 4.15. The third-order valence-electron chi connectivity index (χ3n) is 5.75. The van der Waals surface area contributed by atoms with Crippen molar-refractivity contribution in [2.24, 2.45) is 0 Å². The molecule has 3 aromatic rings. The number of para-hydroxylation sites is 1. The van der Waals surface area contributed by atoms with Gasteiger partial charge in [0, 0.05) is 54.8 Å². The molecule has 1 aromatic heterocycles. The molecular formula is C24H27N3O2. The topological polar surface area (TPSA) is 56.4 Å². The van der Waals surface area contributed by atoms with Gasteiger partial charge in [-0.2, -0.15) is 0 Å². The molecule has 0 atom stereocenters. The van der Waals surface area contributed by atoms with Gasteiger partial charge in [0.15, 0.2) is 0 Å². The molecule has 4 rings (SSSR count). The number of carbonyl (C=O) groups is 1. The minimum absolute atomic E-state index is 0.0933. The highest BCUT2D eigenvalue weighted by Gasteiger charge is 2.21. The van der Waals surface area contributed by atoms with E-state index in [1.807, 2.05) is 42.2 Å². The summed E-state index contributed by atoms with van der Waals surface area (Å²) in [6.07, 6.45) is 0.834. The number of nitrogens with one attached hydrogen (secondary N) is 1. The summed E-state index contributed by atoms with van der Waals surface area (Å²) >= 11 is 0. The molecule has 1 N–H and O–H groups in total. The van der Waals surface area contributed by atoms with Crippen LogP contribution < -0.4 is 10.5 Å². The van der Waals surface area contributed by atoms with Crippen LogP contribution in [0, 0.1) is 13.8 Å². The van der Waals surface area contributed by atoms with Crippen molar-refractivity contribution in [1.82, 2.24) is 9.88 Å². The lowest BCUT2D eigenvalue weighted by Gasteiger charge is -2.36. The van der Waals surface area contributed by atoms with Gasteiger partial charge in [-0.15, -0.1) is 0 Å². The third kappa shape index (κ3) is 4.19. The standard InChI is InChI=1S/C24H27N3O2/c1-17-14-18(2)21-16-19(24(29)25-22(21)15-17)8-9-23(28)27-12-10-26(11-13-27)20-6-4-3-5-7-20/h3-7,14-16H,8-13H2,1-2H3,(H,25,29). The summed E-state index contributed by atoms with van der Waals surface area (Å²) in [4.78, 5) is 32.4. The Morgan fingerprint density at radius 2 is 1.72 bits per heavy atom. The van der Waals surface area contributed by atoms with Gasteiger partial charge in [0.25, 0.3) is 5.56 Å². The Kier molecular flexibility index (Phi) is 5.38. The summed E-state index contributed by atoms with van der Waals surface area (Å²) < 4.78 is 0. The summed E-state index contributed by atoms with van der Waals surface area (Å²) in [6, 6.07) is 16.4. The first-order valence-electron chi connectivity index (χ1n) is 10.2. The van der Waals surface area contributed by atoms with Crippen molar-refractivity contribution in [3.05, 3.63) is 75.6 Å². The number of aryl methyl sites for hydroxylation is 3. The van der Waals surface area contributed by atoms with Gasteiger partial charge in [0.05, 0.1) is 0 Å². The fraction of sp³-hybridized carbons (Fsp3) is 0.333. The normalized spacial score (nSPS) is 14.4. The van der Waals surface area contributed by atoms with E-state index in [0.29, 0.717) is 18.4 Å². The van der Waals surface area contributed by atoms with Crippen LogP contribution in [0.4, 0.5) is 5.69 Å². The van der Waals surface area contributed by atoms with E-state index in [2.05, 4.69) is 35.0 Å². The number of hydrogen-bond acceptors (Lipinski definition) is 3. The molecule has 0 saturated carbocycles. The first-order chi connectivity index (χ1) is 14.0. The van der Waals surface area contributed by atoms with Crippen molar-refractivity contribution in [2.75, 3.05) is 31.1 Å². The molecule has 1 aliphatic heterocycles. The summed E-state index contributed by atoms with van der Waals surface area (Å²) in [6.45, 7) is 7.19. The second-order valence-corrected chi connectivity index (χ2v) is 7.87. The number of piperazine rings is 1. The van der Waals surface area contributed by atoms with Gasteiger partial charge in [-0.3, -0.25) is 9.59 Å². The van der Waals surface area contributed by atoms with Gasteiger partial charge in [0.1, 0.15) is 0 Å². The second kappa shape index (κ2) is 8.11. The summed E-state index contributed by atoms with van der Waals surface area (Å²) in [5.74, 6) is 0.123. The predicted molar refractivity (Wildman–Crippen MR) is 118 cm³/mol. The van der Waals surface area contributed by atoms with Gasteiger partial charge in [-0.1, -0.05) is 24.3 Å². The van der Waals surface area contributed by atoms with Gasteiger partial charge < -0.3 is 14.8 Å². The average molecular weight is 389 g/mol. The smallest absolute Gasteiger partial charge is 0.251 e. The highest BCUT2D eigenvalue weighted by Crippen LogP contribution is 2.19. The Labute approximate surface area is 171 Å². The van der Waals surface area contributed by atoms with E-state index in [1.165, 1.54) is 5.69 Å². The van der Waals surface area contributed by atoms with Crippen LogP contribution in [0.25, 0.3) is 10.9 Å². The number of aromatic nitrogens is 1. The molecule has 0 bridgehead atoms. The number of rotatable bonds is 4. The van der Waals surface area contributed by atoms with E-state index in [-0.39, 0.29) is 11.5 Å². The highest BCUT2D eigenvalue weighted by atomic mass is 16.2. The minimum Gasteiger partial charge on any atom is -0.368 e. The van der Waals surface area contributed by atoms with E-state index < -0.39 is 0 Å². The molecule has 0 radical (unpaired) electrons. The van der Waals surface area contributed by atoms with Crippen LogP contribution in [-0.4, -0.2) is 42.0 Å². The van der Waals surface area contributed by atoms with Crippen molar-refractivity contribution in [2.45, 2.75) is 26.7 Å². The van der Waals surface area contributed by atoms with Crippen LogP contribution >= 0.6 is 0 Å². The molecule has 0 aliphatic carbocycles. The minimum atomic E-state index is -0.0933. The van der Waals surface area contributed by atoms with Crippen LogP contribution in [-0.2, 0) is 11.2 Å². The zero-order valence-electron chi connectivity index (χ0n) is 17.1. The Hall–Kier alpha value is -3.08. The monoisotopic (exact) mass is 389 g/mol. The largest absolute Gasteiger partial charge is 0.368 e. The summed E-state index contributed by atoms with van der Waals surface area (Å²) in [5, 5.41) is 1.05. The van der Waals surface area contributed by atoms with E-state index >= 15 is 0 Å². The van der Waals surface area contributed by atoms with Crippen molar-refractivity contribution < 1.29 is 4.79 Å². The molecule has 5 nitrogen and oxygen atoms in total. The first-order valence-corrected chi connectivity index (χ1v) is 10.2. The molecule has 2 heterocycles. The molecule has 0 unspecified atom stereocenters.